The largest absolute Gasteiger partial charge is 0.466 e. The lowest BCUT2D eigenvalue weighted by molar-refractivity contribution is -0.145. The Hall–Kier alpha value is -1.06. The Kier molecular flexibility index (Phi) is 25.8. The van der Waals surface area contributed by atoms with Crippen LogP contribution in [0.15, 0.2) is 0 Å². The molecule has 0 aromatic rings. The Morgan fingerprint density at radius 2 is 0.892 bits per heavy atom. The van der Waals surface area contributed by atoms with Gasteiger partial charge in [0.15, 0.2) is 0 Å². The van der Waals surface area contributed by atoms with E-state index in [2.05, 4.69) is 34.6 Å². The fourth-order valence-corrected chi connectivity index (χ4v) is 4.82. The molecule has 0 N–H and O–H groups in total. The third-order valence-corrected chi connectivity index (χ3v) is 7.46. The summed E-state index contributed by atoms with van der Waals surface area (Å²) in [4.78, 5) is 23.7. The molecule has 0 aliphatic carbocycles. The number of hydrogen-bond acceptors (Lipinski definition) is 4. The predicted molar refractivity (Wildman–Crippen MR) is 158 cm³/mol. The molecular weight excluding hydrogens is 460 g/mol. The maximum absolute atomic E-state index is 12.0. The van der Waals surface area contributed by atoms with Crippen molar-refractivity contribution in [2.75, 3.05) is 13.2 Å². The lowest BCUT2D eigenvalue weighted by atomic mass is 9.93. The summed E-state index contributed by atoms with van der Waals surface area (Å²) < 4.78 is 10.7. The van der Waals surface area contributed by atoms with Crippen LogP contribution in [-0.2, 0) is 19.1 Å². The number of carbonyl (C=O) groups is 2. The molecule has 0 aliphatic rings. The Balaban J connectivity index is 3.44. The maximum atomic E-state index is 12.0. The summed E-state index contributed by atoms with van der Waals surface area (Å²) in [5.74, 6) is 2.11. The maximum Gasteiger partial charge on any atom is 0.305 e. The average molecular weight is 525 g/mol. The van der Waals surface area contributed by atoms with Crippen molar-refractivity contribution in [1.82, 2.24) is 0 Å². The molecule has 0 amide bonds. The summed E-state index contributed by atoms with van der Waals surface area (Å²) in [6.07, 6.45) is 23.9. The first kappa shape index (κ1) is 35.9. The van der Waals surface area contributed by atoms with Crippen LogP contribution in [0.5, 0.6) is 0 Å². The van der Waals surface area contributed by atoms with Crippen LogP contribution in [0.1, 0.15) is 169 Å². The molecule has 0 spiro atoms. The quantitative estimate of drug-likeness (QED) is 0.0792. The summed E-state index contributed by atoms with van der Waals surface area (Å²) in [7, 11) is 0. The van der Waals surface area contributed by atoms with E-state index >= 15 is 0 Å². The van der Waals surface area contributed by atoms with Gasteiger partial charge < -0.3 is 9.47 Å². The van der Waals surface area contributed by atoms with Crippen molar-refractivity contribution in [2.24, 2.45) is 17.8 Å². The second-order valence-corrected chi connectivity index (χ2v) is 12.1. The minimum Gasteiger partial charge on any atom is -0.466 e. The monoisotopic (exact) mass is 524 g/mol. The van der Waals surface area contributed by atoms with Gasteiger partial charge in [0.1, 0.15) is 0 Å². The number of esters is 2. The molecule has 0 saturated carbocycles. The van der Waals surface area contributed by atoms with E-state index in [9.17, 15) is 9.59 Å². The molecule has 220 valence electrons. The first-order valence-electron chi connectivity index (χ1n) is 16.2. The van der Waals surface area contributed by atoms with Crippen LogP contribution in [-0.4, -0.2) is 25.2 Å². The van der Waals surface area contributed by atoms with Gasteiger partial charge in [-0.05, 0) is 56.3 Å². The minimum absolute atomic E-state index is 0.00421. The van der Waals surface area contributed by atoms with Crippen molar-refractivity contribution < 1.29 is 19.1 Å². The molecule has 0 rings (SSSR count). The molecule has 4 heteroatoms. The van der Waals surface area contributed by atoms with E-state index in [1.54, 1.807) is 0 Å². The van der Waals surface area contributed by atoms with Gasteiger partial charge in [-0.2, -0.15) is 0 Å². The van der Waals surface area contributed by atoms with Gasteiger partial charge in [-0.15, -0.1) is 0 Å². The molecule has 0 fully saturated rings. The van der Waals surface area contributed by atoms with Crippen LogP contribution in [0.4, 0.5) is 0 Å². The van der Waals surface area contributed by atoms with Gasteiger partial charge in [0, 0.05) is 12.8 Å². The summed E-state index contributed by atoms with van der Waals surface area (Å²) in [5, 5.41) is 0. The second-order valence-electron chi connectivity index (χ2n) is 12.1. The molecule has 0 saturated heterocycles. The molecule has 0 radical (unpaired) electrons. The van der Waals surface area contributed by atoms with Gasteiger partial charge in [0.05, 0.1) is 13.2 Å². The Morgan fingerprint density at radius 1 is 0.486 bits per heavy atom. The van der Waals surface area contributed by atoms with Gasteiger partial charge >= 0.3 is 11.9 Å². The van der Waals surface area contributed by atoms with Gasteiger partial charge in [0.25, 0.3) is 0 Å². The number of rotatable bonds is 27. The molecule has 0 aromatic heterocycles. The van der Waals surface area contributed by atoms with E-state index in [0.29, 0.717) is 32.0 Å². The van der Waals surface area contributed by atoms with Crippen LogP contribution in [0.25, 0.3) is 0 Å². The normalized spacial score (nSPS) is 12.3. The zero-order valence-electron chi connectivity index (χ0n) is 25.6. The zero-order valence-corrected chi connectivity index (χ0v) is 25.6. The van der Waals surface area contributed by atoms with Gasteiger partial charge in [-0.3, -0.25) is 9.59 Å². The van der Waals surface area contributed by atoms with Gasteiger partial charge in [-0.1, -0.05) is 118 Å². The van der Waals surface area contributed by atoms with Crippen LogP contribution in [0, 0.1) is 17.8 Å². The zero-order chi connectivity index (χ0) is 27.6. The number of hydrogen-bond donors (Lipinski definition) is 0. The summed E-state index contributed by atoms with van der Waals surface area (Å²) in [6, 6.07) is 0. The smallest absolute Gasteiger partial charge is 0.305 e. The molecule has 0 bridgehead atoms. The Bertz CT molecular complexity index is 514. The van der Waals surface area contributed by atoms with Crippen molar-refractivity contribution in [3.8, 4) is 0 Å². The molecule has 0 aliphatic heterocycles. The Labute approximate surface area is 231 Å². The van der Waals surface area contributed by atoms with Gasteiger partial charge in [0.2, 0.25) is 0 Å². The second kappa shape index (κ2) is 26.5. The van der Waals surface area contributed by atoms with Crippen molar-refractivity contribution in [3.63, 3.8) is 0 Å². The van der Waals surface area contributed by atoms with Crippen molar-refractivity contribution in [1.29, 1.82) is 0 Å². The highest BCUT2D eigenvalue weighted by Gasteiger charge is 2.10. The third kappa shape index (κ3) is 27.8. The third-order valence-electron chi connectivity index (χ3n) is 7.46. The van der Waals surface area contributed by atoms with Crippen LogP contribution in [0.2, 0.25) is 0 Å². The van der Waals surface area contributed by atoms with E-state index in [1.165, 1.54) is 70.6 Å². The van der Waals surface area contributed by atoms with Crippen LogP contribution >= 0.6 is 0 Å². The first-order valence-corrected chi connectivity index (χ1v) is 16.2. The van der Waals surface area contributed by atoms with Crippen LogP contribution < -0.4 is 0 Å². The molecule has 0 aromatic carbocycles. The highest BCUT2D eigenvalue weighted by Crippen LogP contribution is 2.20. The van der Waals surface area contributed by atoms with E-state index in [1.807, 2.05) is 0 Å². The molecule has 37 heavy (non-hydrogen) atoms. The molecular formula is C33H64O4. The van der Waals surface area contributed by atoms with E-state index in [0.717, 1.165) is 63.2 Å². The average Bonchev–Trinajstić information content (AvgIpc) is 2.85. The van der Waals surface area contributed by atoms with Crippen molar-refractivity contribution >= 4 is 11.9 Å². The highest BCUT2D eigenvalue weighted by atomic mass is 16.5. The van der Waals surface area contributed by atoms with Gasteiger partial charge in [-0.25, -0.2) is 0 Å². The lowest BCUT2D eigenvalue weighted by Crippen LogP contribution is -2.09. The van der Waals surface area contributed by atoms with E-state index in [-0.39, 0.29) is 11.9 Å². The van der Waals surface area contributed by atoms with Crippen molar-refractivity contribution in [2.45, 2.75) is 169 Å². The summed E-state index contributed by atoms with van der Waals surface area (Å²) in [5.41, 5.74) is 0. The molecule has 1 unspecified atom stereocenters. The molecule has 1 atom stereocenters. The highest BCUT2D eigenvalue weighted by molar-refractivity contribution is 5.69. The SMILES string of the molecule is CCC(CCCCCCCCCCCCC(=O)OCCCCC(C)C)CCC(=O)OCCCCC(C)C. The first-order chi connectivity index (χ1) is 17.8. The number of unbranched alkanes of at least 4 members (excludes halogenated alkanes) is 11. The Morgan fingerprint density at radius 3 is 1.35 bits per heavy atom. The fraction of sp³-hybridized carbons (Fsp3) is 0.939. The van der Waals surface area contributed by atoms with E-state index in [4.69, 9.17) is 9.47 Å². The lowest BCUT2D eigenvalue weighted by Gasteiger charge is -2.14. The minimum atomic E-state index is -0.0117. The van der Waals surface area contributed by atoms with Crippen molar-refractivity contribution in [3.05, 3.63) is 0 Å². The summed E-state index contributed by atoms with van der Waals surface area (Å²) >= 11 is 0. The van der Waals surface area contributed by atoms with Crippen LogP contribution in [0.3, 0.4) is 0 Å². The molecule has 0 heterocycles. The number of ether oxygens (including phenoxy) is 2. The summed E-state index contributed by atoms with van der Waals surface area (Å²) in [6.45, 7) is 12.4. The topological polar surface area (TPSA) is 52.6 Å². The predicted octanol–water partition coefficient (Wildman–Crippen LogP) is 10.2. The standard InChI is InChI=1S/C33H64O4/c1-6-31(25-26-33(35)37-28-20-18-22-30(4)5)23-15-13-11-9-7-8-10-12-14-16-24-32(34)36-27-19-17-21-29(2)3/h29-31H,6-28H2,1-5H3. The number of carbonyl (C=O) groups excluding carboxylic acids is 2. The fourth-order valence-electron chi connectivity index (χ4n) is 4.82. The van der Waals surface area contributed by atoms with E-state index < -0.39 is 0 Å². The molecule has 4 nitrogen and oxygen atoms in total.